The first-order valence-electron chi connectivity index (χ1n) is 18.3. The highest BCUT2D eigenvalue weighted by Gasteiger charge is 2.20. The van der Waals surface area contributed by atoms with Gasteiger partial charge in [0.15, 0.2) is 17.5 Å². The van der Waals surface area contributed by atoms with Crippen LogP contribution in [-0.4, -0.2) is 24.9 Å². The van der Waals surface area contributed by atoms with E-state index in [1.807, 2.05) is 133 Å². The second-order valence-corrected chi connectivity index (χ2v) is 13.2. The average molecular weight is 717 g/mol. The fourth-order valence-electron chi connectivity index (χ4n) is 6.71. The van der Waals surface area contributed by atoms with E-state index in [2.05, 4.69) is 66.7 Å². The Hall–Kier alpha value is -7.88. The van der Waals surface area contributed by atoms with Crippen molar-refractivity contribution >= 4 is 0 Å². The molecule has 0 saturated carbocycles. The van der Waals surface area contributed by atoms with E-state index in [4.69, 9.17) is 24.9 Å². The summed E-state index contributed by atoms with van der Waals surface area (Å²) in [6.45, 7) is 0. The Morgan fingerprint density at radius 2 is 0.500 bits per heavy atom. The van der Waals surface area contributed by atoms with Gasteiger partial charge in [0, 0.05) is 38.9 Å². The summed E-state index contributed by atoms with van der Waals surface area (Å²) in [6, 6.07) is 66.8. The minimum absolute atomic E-state index is 0.582. The second kappa shape index (κ2) is 15.2. The van der Waals surface area contributed by atoms with Crippen LogP contribution in [0.5, 0.6) is 0 Å². The van der Waals surface area contributed by atoms with Crippen molar-refractivity contribution in [1.29, 1.82) is 5.26 Å². The van der Waals surface area contributed by atoms with E-state index in [1.54, 1.807) is 0 Å². The number of rotatable bonds is 8. The highest BCUT2D eigenvalue weighted by Crippen LogP contribution is 2.38. The zero-order chi connectivity index (χ0) is 37.7. The molecule has 0 fully saturated rings. The fraction of sp³-hybridized carbons (Fsp3) is 0. The van der Waals surface area contributed by atoms with E-state index >= 15 is 0 Å². The Morgan fingerprint density at radius 3 is 0.839 bits per heavy atom. The van der Waals surface area contributed by atoms with Crippen LogP contribution in [0.25, 0.3) is 90.3 Å². The monoisotopic (exact) mass is 716 g/mol. The largest absolute Gasteiger partial charge is 0.243 e. The van der Waals surface area contributed by atoms with Gasteiger partial charge in [0.2, 0.25) is 0 Å². The van der Waals surface area contributed by atoms with E-state index in [1.165, 1.54) is 0 Å². The number of nitriles is 1. The van der Waals surface area contributed by atoms with Crippen molar-refractivity contribution in [2.24, 2.45) is 0 Å². The Kier molecular flexibility index (Phi) is 9.23. The number of hydrogen-bond donors (Lipinski definition) is 0. The molecule has 0 bridgehead atoms. The van der Waals surface area contributed by atoms with Crippen LogP contribution < -0.4 is 0 Å². The Labute approximate surface area is 325 Å². The van der Waals surface area contributed by atoms with Gasteiger partial charge in [-0.15, -0.1) is 0 Å². The van der Waals surface area contributed by atoms with Crippen molar-refractivity contribution in [2.45, 2.75) is 0 Å². The van der Waals surface area contributed by atoms with Crippen molar-refractivity contribution in [1.82, 2.24) is 24.9 Å². The van der Waals surface area contributed by atoms with Gasteiger partial charge in [-0.1, -0.05) is 182 Å². The van der Waals surface area contributed by atoms with Crippen LogP contribution in [0.15, 0.2) is 194 Å². The van der Waals surface area contributed by atoms with E-state index in [-0.39, 0.29) is 0 Å². The summed E-state index contributed by atoms with van der Waals surface area (Å²) in [6.07, 6.45) is 0. The standard InChI is InChI=1S/C50H32N6/c51-33-34-21-23-35(24-22-34)36-25-27-39(28-26-36)46-47(53-45(38-15-7-2-8-16-38)44(52-46)37-13-5-1-6-14-37)40-29-31-43(32-30-40)50-55-48(41-17-9-3-10-18-41)54-49(56-50)42-19-11-4-12-20-42/h1-32H. The molecule has 0 unspecified atom stereocenters. The average Bonchev–Trinajstić information content (AvgIpc) is 3.30. The molecule has 7 aromatic carbocycles. The molecule has 0 aliphatic heterocycles. The predicted octanol–water partition coefficient (Wildman–Crippen LogP) is 11.9. The Morgan fingerprint density at radius 1 is 0.250 bits per heavy atom. The molecule has 2 heterocycles. The molecule has 0 spiro atoms. The van der Waals surface area contributed by atoms with Crippen LogP contribution in [0.2, 0.25) is 0 Å². The SMILES string of the molecule is N#Cc1ccc(-c2ccc(-c3nc(-c4ccccc4)c(-c4ccccc4)nc3-c3ccc(-c4nc(-c5ccccc5)nc(-c5ccccc5)n4)cc3)cc2)cc1. The van der Waals surface area contributed by atoms with Crippen molar-refractivity contribution in [3.05, 3.63) is 200 Å². The van der Waals surface area contributed by atoms with Gasteiger partial charge in [-0.2, -0.15) is 5.26 Å². The molecule has 0 aliphatic carbocycles. The van der Waals surface area contributed by atoms with Gasteiger partial charge in [0.1, 0.15) is 0 Å². The third kappa shape index (κ3) is 6.96. The molecule has 0 N–H and O–H groups in total. The summed E-state index contributed by atoms with van der Waals surface area (Å²) in [5.74, 6) is 1.80. The van der Waals surface area contributed by atoms with Gasteiger partial charge in [-0.25, -0.2) is 24.9 Å². The molecule has 0 saturated heterocycles. The molecule has 262 valence electrons. The first-order chi connectivity index (χ1) is 27.7. The second-order valence-electron chi connectivity index (χ2n) is 13.2. The summed E-state index contributed by atoms with van der Waals surface area (Å²) in [5, 5.41) is 9.29. The van der Waals surface area contributed by atoms with Crippen molar-refractivity contribution < 1.29 is 0 Å². The van der Waals surface area contributed by atoms with E-state index in [9.17, 15) is 5.26 Å². The maximum absolute atomic E-state index is 9.29. The van der Waals surface area contributed by atoms with Crippen LogP contribution in [0.3, 0.4) is 0 Å². The van der Waals surface area contributed by atoms with Gasteiger partial charge in [0.25, 0.3) is 0 Å². The molecule has 2 aromatic heterocycles. The highest BCUT2D eigenvalue weighted by molar-refractivity contribution is 5.87. The van der Waals surface area contributed by atoms with Gasteiger partial charge < -0.3 is 0 Å². The minimum atomic E-state index is 0.582. The number of aromatic nitrogens is 5. The molecule has 9 rings (SSSR count). The smallest absolute Gasteiger partial charge is 0.164 e. The third-order valence-electron chi connectivity index (χ3n) is 9.61. The lowest BCUT2D eigenvalue weighted by atomic mass is 9.97. The molecule has 0 radical (unpaired) electrons. The lowest BCUT2D eigenvalue weighted by molar-refractivity contribution is 1.07. The third-order valence-corrected chi connectivity index (χ3v) is 9.61. The first-order valence-corrected chi connectivity index (χ1v) is 18.3. The number of hydrogen-bond acceptors (Lipinski definition) is 6. The Bertz CT molecular complexity index is 2740. The van der Waals surface area contributed by atoms with Crippen molar-refractivity contribution in [3.63, 3.8) is 0 Å². The summed E-state index contributed by atoms with van der Waals surface area (Å²) in [4.78, 5) is 25.6. The van der Waals surface area contributed by atoms with Crippen LogP contribution in [0.1, 0.15) is 5.56 Å². The first kappa shape index (κ1) is 33.9. The molecular weight excluding hydrogens is 685 g/mol. The summed E-state index contributed by atoms with van der Waals surface area (Å²) < 4.78 is 0. The van der Waals surface area contributed by atoms with E-state index in [0.717, 1.165) is 72.8 Å². The van der Waals surface area contributed by atoms with Gasteiger partial charge >= 0.3 is 0 Å². The molecular formula is C50H32N6. The number of nitrogens with zero attached hydrogens (tertiary/aromatic N) is 6. The van der Waals surface area contributed by atoms with E-state index < -0.39 is 0 Å². The Balaban J connectivity index is 1.19. The molecule has 6 nitrogen and oxygen atoms in total. The molecule has 0 amide bonds. The molecule has 0 atom stereocenters. The predicted molar refractivity (Wildman–Crippen MR) is 224 cm³/mol. The summed E-state index contributed by atoms with van der Waals surface area (Å²) >= 11 is 0. The fourth-order valence-corrected chi connectivity index (χ4v) is 6.71. The summed E-state index contributed by atoms with van der Waals surface area (Å²) in [5.41, 5.74) is 12.3. The van der Waals surface area contributed by atoms with E-state index in [0.29, 0.717) is 23.0 Å². The van der Waals surface area contributed by atoms with Crippen molar-refractivity contribution in [2.75, 3.05) is 0 Å². The normalized spacial score (nSPS) is 10.8. The maximum atomic E-state index is 9.29. The highest BCUT2D eigenvalue weighted by atomic mass is 15.0. The molecule has 9 aromatic rings. The van der Waals surface area contributed by atoms with Crippen LogP contribution in [-0.2, 0) is 0 Å². The van der Waals surface area contributed by atoms with Gasteiger partial charge in [0.05, 0.1) is 34.4 Å². The quantitative estimate of drug-likeness (QED) is 0.156. The molecule has 6 heteroatoms. The zero-order valence-electron chi connectivity index (χ0n) is 30.2. The zero-order valence-corrected chi connectivity index (χ0v) is 30.2. The topological polar surface area (TPSA) is 88.2 Å². The van der Waals surface area contributed by atoms with Crippen LogP contribution in [0, 0.1) is 11.3 Å². The summed E-state index contributed by atoms with van der Waals surface area (Å²) in [7, 11) is 0. The lowest BCUT2D eigenvalue weighted by Crippen LogP contribution is -2.01. The maximum Gasteiger partial charge on any atom is 0.164 e. The number of benzene rings is 7. The van der Waals surface area contributed by atoms with Gasteiger partial charge in [-0.3, -0.25) is 0 Å². The van der Waals surface area contributed by atoms with Crippen molar-refractivity contribution in [3.8, 4) is 96.4 Å². The molecule has 0 aliphatic rings. The lowest BCUT2D eigenvalue weighted by Gasteiger charge is -2.16. The van der Waals surface area contributed by atoms with Gasteiger partial charge in [-0.05, 0) is 23.3 Å². The minimum Gasteiger partial charge on any atom is -0.243 e. The van der Waals surface area contributed by atoms with Crippen LogP contribution >= 0.6 is 0 Å². The molecule has 56 heavy (non-hydrogen) atoms. The van der Waals surface area contributed by atoms with Crippen LogP contribution in [0.4, 0.5) is 0 Å².